The molecule has 0 amide bonds. The SMILES string of the molecule is CCCN(C)C[C@H](C)NC. The molecule has 0 aromatic rings. The fraction of sp³-hybridized carbons (Fsp3) is 1.00. The number of nitrogens with zero attached hydrogens (tertiary/aromatic N) is 1. The molecular weight excluding hydrogens is 124 g/mol. The van der Waals surface area contributed by atoms with Crippen LogP contribution in [-0.2, 0) is 0 Å². The summed E-state index contributed by atoms with van der Waals surface area (Å²) in [7, 11) is 4.17. The van der Waals surface area contributed by atoms with E-state index in [1.165, 1.54) is 13.0 Å². The van der Waals surface area contributed by atoms with Crippen LogP contribution >= 0.6 is 0 Å². The molecule has 0 unspecified atom stereocenters. The van der Waals surface area contributed by atoms with Crippen molar-refractivity contribution in [1.29, 1.82) is 0 Å². The summed E-state index contributed by atoms with van der Waals surface area (Å²) in [6, 6.07) is 0.608. The van der Waals surface area contributed by atoms with Gasteiger partial charge < -0.3 is 10.2 Å². The standard InChI is InChI=1S/C8H20N2/c1-5-6-10(4)7-8(2)9-3/h8-9H,5-7H2,1-4H3/t8-/m0/s1. The zero-order valence-corrected chi connectivity index (χ0v) is 7.65. The lowest BCUT2D eigenvalue weighted by molar-refractivity contribution is 0.303. The van der Waals surface area contributed by atoms with Crippen LogP contribution in [0.15, 0.2) is 0 Å². The van der Waals surface area contributed by atoms with Gasteiger partial charge in [-0.15, -0.1) is 0 Å². The molecule has 0 aliphatic heterocycles. The fourth-order valence-electron chi connectivity index (χ4n) is 1.03. The van der Waals surface area contributed by atoms with Gasteiger partial charge in [-0.3, -0.25) is 0 Å². The zero-order valence-electron chi connectivity index (χ0n) is 7.65. The maximum absolute atomic E-state index is 3.21. The predicted octanol–water partition coefficient (Wildman–Crippen LogP) is 0.936. The highest BCUT2D eigenvalue weighted by Crippen LogP contribution is 1.88. The Morgan fingerprint density at radius 1 is 1.50 bits per heavy atom. The second kappa shape index (κ2) is 5.69. The van der Waals surface area contributed by atoms with Gasteiger partial charge in [0.2, 0.25) is 0 Å². The number of hydrogen-bond donors (Lipinski definition) is 1. The zero-order chi connectivity index (χ0) is 7.98. The van der Waals surface area contributed by atoms with E-state index in [2.05, 4.69) is 31.1 Å². The average Bonchev–Trinajstić information content (AvgIpc) is 1.88. The molecule has 0 aromatic heterocycles. The van der Waals surface area contributed by atoms with Gasteiger partial charge in [0.15, 0.2) is 0 Å². The van der Waals surface area contributed by atoms with Crippen LogP contribution in [0.5, 0.6) is 0 Å². The molecule has 1 N–H and O–H groups in total. The number of hydrogen-bond acceptors (Lipinski definition) is 2. The topological polar surface area (TPSA) is 15.3 Å². The fourth-order valence-corrected chi connectivity index (χ4v) is 1.03. The van der Waals surface area contributed by atoms with E-state index in [1.807, 2.05) is 7.05 Å². The Labute approximate surface area is 64.6 Å². The van der Waals surface area contributed by atoms with E-state index in [-0.39, 0.29) is 0 Å². The third kappa shape index (κ3) is 4.77. The molecular formula is C8H20N2. The largest absolute Gasteiger partial charge is 0.316 e. The molecule has 0 bridgehead atoms. The Balaban J connectivity index is 3.27. The molecule has 0 aromatic carbocycles. The van der Waals surface area contributed by atoms with Gasteiger partial charge in [-0.2, -0.15) is 0 Å². The van der Waals surface area contributed by atoms with Crippen LogP contribution < -0.4 is 5.32 Å². The molecule has 0 aliphatic rings. The summed E-state index contributed by atoms with van der Waals surface area (Å²) in [5.41, 5.74) is 0. The average molecular weight is 144 g/mol. The van der Waals surface area contributed by atoms with E-state index in [1.54, 1.807) is 0 Å². The third-order valence-corrected chi connectivity index (χ3v) is 1.68. The van der Waals surface area contributed by atoms with E-state index < -0.39 is 0 Å². The Hall–Kier alpha value is -0.0800. The molecule has 0 heterocycles. The van der Waals surface area contributed by atoms with E-state index >= 15 is 0 Å². The minimum absolute atomic E-state index is 0.608. The molecule has 0 rings (SSSR count). The summed E-state index contributed by atoms with van der Waals surface area (Å²) in [6.45, 7) is 6.75. The van der Waals surface area contributed by atoms with Gasteiger partial charge in [0, 0.05) is 12.6 Å². The summed E-state index contributed by atoms with van der Waals surface area (Å²) in [6.07, 6.45) is 1.24. The van der Waals surface area contributed by atoms with Crippen molar-refractivity contribution < 1.29 is 0 Å². The molecule has 2 nitrogen and oxygen atoms in total. The molecule has 62 valence electrons. The van der Waals surface area contributed by atoms with E-state index in [9.17, 15) is 0 Å². The maximum Gasteiger partial charge on any atom is 0.0163 e. The highest BCUT2D eigenvalue weighted by atomic mass is 15.1. The summed E-state index contributed by atoms with van der Waals surface area (Å²) < 4.78 is 0. The first-order valence-electron chi connectivity index (χ1n) is 4.06. The van der Waals surface area contributed by atoms with Crippen molar-refractivity contribution >= 4 is 0 Å². The van der Waals surface area contributed by atoms with Crippen LogP contribution in [0.3, 0.4) is 0 Å². The molecule has 0 saturated carbocycles. The molecule has 0 fully saturated rings. The normalized spacial score (nSPS) is 14.1. The molecule has 0 radical (unpaired) electrons. The lowest BCUT2D eigenvalue weighted by atomic mass is 10.3. The van der Waals surface area contributed by atoms with Crippen LogP contribution in [0.2, 0.25) is 0 Å². The number of rotatable bonds is 5. The molecule has 2 heteroatoms. The minimum atomic E-state index is 0.608. The Kier molecular flexibility index (Phi) is 5.64. The summed E-state index contributed by atoms with van der Waals surface area (Å²) >= 11 is 0. The Morgan fingerprint density at radius 3 is 2.50 bits per heavy atom. The quantitative estimate of drug-likeness (QED) is 0.617. The second-order valence-corrected chi connectivity index (χ2v) is 2.95. The molecule has 1 atom stereocenters. The molecule has 0 spiro atoms. The van der Waals surface area contributed by atoms with Crippen LogP contribution in [-0.4, -0.2) is 38.1 Å². The summed E-state index contributed by atoms with van der Waals surface area (Å²) in [5.74, 6) is 0. The van der Waals surface area contributed by atoms with E-state index in [4.69, 9.17) is 0 Å². The highest BCUT2D eigenvalue weighted by Gasteiger charge is 2.01. The highest BCUT2D eigenvalue weighted by molar-refractivity contribution is 4.61. The molecule has 10 heavy (non-hydrogen) atoms. The first kappa shape index (κ1) is 9.92. The van der Waals surface area contributed by atoms with Crippen molar-refractivity contribution in [3.8, 4) is 0 Å². The first-order chi connectivity index (χ1) is 4.70. The molecule has 0 aliphatic carbocycles. The maximum atomic E-state index is 3.21. The van der Waals surface area contributed by atoms with Crippen molar-refractivity contribution in [2.45, 2.75) is 26.3 Å². The third-order valence-electron chi connectivity index (χ3n) is 1.68. The van der Waals surface area contributed by atoms with Crippen molar-refractivity contribution in [2.24, 2.45) is 0 Å². The van der Waals surface area contributed by atoms with Gasteiger partial charge in [-0.1, -0.05) is 6.92 Å². The van der Waals surface area contributed by atoms with E-state index in [0.717, 1.165) is 6.54 Å². The van der Waals surface area contributed by atoms with Crippen LogP contribution in [0, 0.1) is 0 Å². The van der Waals surface area contributed by atoms with Gasteiger partial charge >= 0.3 is 0 Å². The lowest BCUT2D eigenvalue weighted by Gasteiger charge is -2.19. The minimum Gasteiger partial charge on any atom is -0.316 e. The van der Waals surface area contributed by atoms with Crippen LogP contribution in [0.4, 0.5) is 0 Å². The smallest absolute Gasteiger partial charge is 0.0163 e. The molecule has 0 saturated heterocycles. The van der Waals surface area contributed by atoms with Crippen LogP contribution in [0.25, 0.3) is 0 Å². The van der Waals surface area contributed by atoms with Gasteiger partial charge in [0.05, 0.1) is 0 Å². The second-order valence-electron chi connectivity index (χ2n) is 2.95. The van der Waals surface area contributed by atoms with Crippen molar-refractivity contribution in [1.82, 2.24) is 10.2 Å². The summed E-state index contributed by atoms with van der Waals surface area (Å²) in [5, 5.41) is 3.21. The van der Waals surface area contributed by atoms with Gasteiger partial charge in [-0.25, -0.2) is 0 Å². The van der Waals surface area contributed by atoms with Gasteiger partial charge in [-0.05, 0) is 34.0 Å². The van der Waals surface area contributed by atoms with Gasteiger partial charge in [0.25, 0.3) is 0 Å². The van der Waals surface area contributed by atoms with Crippen molar-refractivity contribution in [3.63, 3.8) is 0 Å². The van der Waals surface area contributed by atoms with Gasteiger partial charge in [0.1, 0.15) is 0 Å². The first-order valence-corrected chi connectivity index (χ1v) is 4.06. The lowest BCUT2D eigenvalue weighted by Crippen LogP contribution is -2.35. The predicted molar refractivity (Wildman–Crippen MR) is 46.3 cm³/mol. The Morgan fingerprint density at radius 2 is 2.10 bits per heavy atom. The monoisotopic (exact) mass is 144 g/mol. The number of likely N-dealkylation sites (N-methyl/N-ethyl adjacent to an activating group) is 2. The summed E-state index contributed by atoms with van der Waals surface area (Å²) in [4.78, 5) is 2.35. The van der Waals surface area contributed by atoms with E-state index in [0.29, 0.717) is 6.04 Å². The van der Waals surface area contributed by atoms with Crippen LogP contribution in [0.1, 0.15) is 20.3 Å². The van der Waals surface area contributed by atoms with Crippen molar-refractivity contribution in [2.75, 3.05) is 27.2 Å². The van der Waals surface area contributed by atoms with Crippen molar-refractivity contribution in [3.05, 3.63) is 0 Å². The number of nitrogens with one attached hydrogen (secondary N) is 1. The Bertz CT molecular complexity index is 73.7.